The second-order valence-electron chi connectivity index (χ2n) is 3.31. The Labute approximate surface area is 102 Å². The van der Waals surface area contributed by atoms with Gasteiger partial charge in [-0.25, -0.2) is 9.97 Å². The van der Waals surface area contributed by atoms with Gasteiger partial charge in [-0.1, -0.05) is 0 Å². The summed E-state index contributed by atoms with van der Waals surface area (Å²) in [7, 11) is 0. The van der Waals surface area contributed by atoms with E-state index in [1.807, 2.05) is 6.07 Å². The highest BCUT2D eigenvalue weighted by Crippen LogP contribution is 2.13. The van der Waals surface area contributed by atoms with E-state index in [1.165, 1.54) is 0 Å². The predicted octanol–water partition coefficient (Wildman–Crippen LogP) is 1.12. The minimum absolute atomic E-state index is 0. The standard InChI is InChI=1S/C9H14N4.2ClH/c1-8-6-10-4-5-13(8)9-2-3-11-7-12-9;;/h2-3,7-8,10H,4-6H2,1H3;2*1H. The van der Waals surface area contributed by atoms with Crippen molar-refractivity contribution in [1.29, 1.82) is 0 Å². The van der Waals surface area contributed by atoms with Crippen molar-refractivity contribution in [2.24, 2.45) is 0 Å². The van der Waals surface area contributed by atoms with Crippen LogP contribution >= 0.6 is 24.8 Å². The highest BCUT2D eigenvalue weighted by molar-refractivity contribution is 5.85. The highest BCUT2D eigenvalue weighted by atomic mass is 35.5. The van der Waals surface area contributed by atoms with Gasteiger partial charge in [0.2, 0.25) is 0 Å². The lowest BCUT2D eigenvalue weighted by Gasteiger charge is -2.34. The first-order chi connectivity index (χ1) is 6.38. The Hall–Kier alpha value is -0.580. The van der Waals surface area contributed by atoms with Crippen LogP contribution in [0.1, 0.15) is 6.92 Å². The van der Waals surface area contributed by atoms with Gasteiger partial charge in [-0.3, -0.25) is 0 Å². The van der Waals surface area contributed by atoms with Gasteiger partial charge in [0.05, 0.1) is 0 Å². The summed E-state index contributed by atoms with van der Waals surface area (Å²) in [5, 5.41) is 3.35. The summed E-state index contributed by atoms with van der Waals surface area (Å²) in [6, 6.07) is 2.48. The van der Waals surface area contributed by atoms with E-state index in [9.17, 15) is 0 Å². The molecule has 0 aliphatic carbocycles. The fourth-order valence-corrected chi connectivity index (χ4v) is 1.63. The first-order valence-corrected chi connectivity index (χ1v) is 4.61. The molecule has 15 heavy (non-hydrogen) atoms. The van der Waals surface area contributed by atoms with Crippen molar-refractivity contribution in [2.75, 3.05) is 24.5 Å². The molecule has 0 saturated carbocycles. The molecule has 1 aromatic rings. The number of hydrogen-bond donors (Lipinski definition) is 1. The summed E-state index contributed by atoms with van der Waals surface area (Å²) >= 11 is 0. The molecular weight excluding hydrogens is 235 g/mol. The predicted molar refractivity (Wildman–Crippen MR) is 66.2 cm³/mol. The number of halogens is 2. The van der Waals surface area contributed by atoms with Crippen molar-refractivity contribution in [1.82, 2.24) is 15.3 Å². The van der Waals surface area contributed by atoms with Crippen molar-refractivity contribution in [3.05, 3.63) is 18.6 Å². The second kappa shape index (κ2) is 6.82. The molecule has 4 nitrogen and oxygen atoms in total. The van der Waals surface area contributed by atoms with Gasteiger partial charge in [-0.15, -0.1) is 24.8 Å². The van der Waals surface area contributed by atoms with Crippen LogP contribution in [0.4, 0.5) is 5.82 Å². The van der Waals surface area contributed by atoms with Crippen LogP contribution in [-0.4, -0.2) is 35.6 Å². The second-order valence-corrected chi connectivity index (χ2v) is 3.31. The van der Waals surface area contributed by atoms with Crippen molar-refractivity contribution in [3.8, 4) is 0 Å². The quantitative estimate of drug-likeness (QED) is 0.812. The topological polar surface area (TPSA) is 41.0 Å². The van der Waals surface area contributed by atoms with Crippen molar-refractivity contribution < 1.29 is 0 Å². The van der Waals surface area contributed by atoms with Gasteiger partial charge in [-0.05, 0) is 13.0 Å². The molecule has 0 aromatic carbocycles. The van der Waals surface area contributed by atoms with Crippen LogP contribution in [0.5, 0.6) is 0 Å². The van der Waals surface area contributed by atoms with E-state index in [0.717, 1.165) is 25.5 Å². The summed E-state index contributed by atoms with van der Waals surface area (Å²) < 4.78 is 0. The van der Waals surface area contributed by atoms with E-state index in [0.29, 0.717) is 6.04 Å². The molecular formula is C9H16Cl2N4. The van der Waals surface area contributed by atoms with Crippen LogP contribution in [-0.2, 0) is 0 Å². The average molecular weight is 251 g/mol. The number of anilines is 1. The first kappa shape index (κ1) is 14.4. The number of aromatic nitrogens is 2. The molecule has 1 saturated heterocycles. The Morgan fingerprint density at radius 1 is 1.47 bits per heavy atom. The zero-order chi connectivity index (χ0) is 9.10. The molecule has 1 aliphatic rings. The Balaban J connectivity index is 0.000000980. The van der Waals surface area contributed by atoms with Gasteiger partial charge in [0, 0.05) is 31.9 Å². The van der Waals surface area contributed by atoms with Crippen LogP contribution in [0, 0.1) is 0 Å². The third-order valence-corrected chi connectivity index (χ3v) is 2.36. The normalized spacial score (nSPS) is 20.1. The van der Waals surface area contributed by atoms with Crippen LogP contribution in [0.2, 0.25) is 0 Å². The lowest BCUT2D eigenvalue weighted by atomic mass is 10.2. The maximum Gasteiger partial charge on any atom is 0.132 e. The number of hydrogen-bond acceptors (Lipinski definition) is 4. The molecule has 1 unspecified atom stereocenters. The molecule has 6 heteroatoms. The van der Waals surface area contributed by atoms with E-state index in [2.05, 4.69) is 27.1 Å². The van der Waals surface area contributed by atoms with Crippen molar-refractivity contribution in [3.63, 3.8) is 0 Å². The number of nitrogens with zero attached hydrogens (tertiary/aromatic N) is 3. The van der Waals surface area contributed by atoms with Gasteiger partial charge in [0.1, 0.15) is 12.1 Å². The van der Waals surface area contributed by atoms with Crippen LogP contribution in [0.25, 0.3) is 0 Å². The third kappa shape index (κ3) is 3.48. The van der Waals surface area contributed by atoms with Crippen molar-refractivity contribution >= 4 is 30.6 Å². The lowest BCUT2D eigenvalue weighted by molar-refractivity contribution is 0.497. The van der Waals surface area contributed by atoms with Crippen molar-refractivity contribution in [2.45, 2.75) is 13.0 Å². The summed E-state index contributed by atoms with van der Waals surface area (Å²) in [6.07, 6.45) is 3.39. The molecule has 0 spiro atoms. The molecule has 1 fully saturated rings. The number of rotatable bonds is 1. The van der Waals surface area contributed by atoms with E-state index in [-0.39, 0.29) is 24.8 Å². The van der Waals surface area contributed by atoms with Crippen LogP contribution < -0.4 is 10.2 Å². The number of nitrogens with one attached hydrogen (secondary N) is 1. The largest absolute Gasteiger partial charge is 0.351 e. The summed E-state index contributed by atoms with van der Waals surface area (Å²) in [5.74, 6) is 1.03. The third-order valence-electron chi connectivity index (χ3n) is 2.36. The van der Waals surface area contributed by atoms with Crippen LogP contribution in [0.3, 0.4) is 0 Å². The van der Waals surface area contributed by atoms with E-state index < -0.39 is 0 Å². The molecule has 2 rings (SSSR count). The molecule has 1 aliphatic heterocycles. The van der Waals surface area contributed by atoms with Gasteiger partial charge in [-0.2, -0.15) is 0 Å². The zero-order valence-corrected chi connectivity index (χ0v) is 10.2. The van der Waals surface area contributed by atoms with Gasteiger partial charge in [0.25, 0.3) is 0 Å². The smallest absolute Gasteiger partial charge is 0.132 e. The van der Waals surface area contributed by atoms with Gasteiger partial charge in [0.15, 0.2) is 0 Å². The Bertz CT molecular complexity index is 270. The average Bonchev–Trinajstić information content (AvgIpc) is 2.20. The zero-order valence-electron chi connectivity index (χ0n) is 8.59. The van der Waals surface area contributed by atoms with Gasteiger partial charge < -0.3 is 10.2 Å². The number of piperazine rings is 1. The summed E-state index contributed by atoms with van der Waals surface area (Å²) in [5.41, 5.74) is 0. The Kier molecular flexibility index (Phi) is 6.56. The monoisotopic (exact) mass is 250 g/mol. The molecule has 1 N–H and O–H groups in total. The van der Waals surface area contributed by atoms with E-state index in [4.69, 9.17) is 0 Å². The highest BCUT2D eigenvalue weighted by Gasteiger charge is 2.18. The molecule has 1 atom stereocenters. The first-order valence-electron chi connectivity index (χ1n) is 4.61. The van der Waals surface area contributed by atoms with E-state index >= 15 is 0 Å². The molecule has 1 aromatic heterocycles. The Morgan fingerprint density at radius 3 is 2.87 bits per heavy atom. The maximum atomic E-state index is 4.24. The summed E-state index contributed by atoms with van der Waals surface area (Å²) in [6.45, 7) is 5.30. The van der Waals surface area contributed by atoms with E-state index in [1.54, 1.807) is 12.5 Å². The molecule has 0 bridgehead atoms. The maximum absolute atomic E-state index is 4.24. The molecule has 0 amide bonds. The minimum Gasteiger partial charge on any atom is -0.351 e. The lowest BCUT2D eigenvalue weighted by Crippen LogP contribution is -2.50. The van der Waals surface area contributed by atoms with Gasteiger partial charge >= 0.3 is 0 Å². The SMILES string of the molecule is CC1CNCCN1c1ccncn1.Cl.Cl. The fraction of sp³-hybridized carbons (Fsp3) is 0.556. The summed E-state index contributed by atoms with van der Waals surface area (Å²) in [4.78, 5) is 10.5. The molecule has 2 heterocycles. The molecule has 86 valence electrons. The van der Waals surface area contributed by atoms with Crippen LogP contribution in [0.15, 0.2) is 18.6 Å². The molecule has 0 radical (unpaired) electrons. The minimum atomic E-state index is 0. The fourth-order valence-electron chi connectivity index (χ4n) is 1.63. The Morgan fingerprint density at radius 2 is 2.27 bits per heavy atom.